The van der Waals surface area contributed by atoms with Gasteiger partial charge in [0.25, 0.3) is 5.91 Å². The maximum atomic E-state index is 12.2. The molecular weight excluding hydrogens is 292 g/mol. The van der Waals surface area contributed by atoms with Gasteiger partial charge in [0.15, 0.2) is 11.5 Å². The van der Waals surface area contributed by atoms with Crippen molar-refractivity contribution in [3.63, 3.8) is 0 Å². The second kappa shape index (κ2) is 10.1. The number of methoxy groups -OCH3 is 1. The van der Waals surface area contributed by atoms with E-state index in [1.165, 1.54) is 0 Å². The van der Waals surface area contributed by atoms with Crippen LogP contribution in [0.1, 0.15) is 37.0 Å². The topological polar surface area (TPSA) is 50.8 Å². The van der Waals surface area contributed by atoms with Crippen LogP contribution in [0.4, 0.5) is 0 Å². The fourth-order valence-corrected chi connectivity index (χ4v) is 2.03. The van der Waals surface area contributed by atoms with Crippen LogP contribution in [0.2, 0.25) is 0 Å². The third kappa shape index (κ3) is 7.37. The van der Waals surface area contributed by atoms with Gasteiger partial charge in [-0.05, 0) is 57.6 Å². The molecule has 1 amide bonds. The lowest BCUT2D eigenvalue weighted by atomic mass is 10.1. The molecule has 1 aromatic carbocycles. The van der Waals surface area contributed by atoms with E-state index in [2.05, 4.69) is 24.1 Å². The van der Waals surface area contributed by atoms with E-state index < -0.39 is 0 Å². The Labute approximate surface area is 140 Å². The molecule has 0 fully saturated rings. The first kappa shape index (κ1) is 19.3. The normalized spacial score (nSPS) is 10.9. The fraction of sp³-hybridized carbons (Fsp3) is 0.611. The number of hydrogen-bond acceptors (Lipinski definition) is 4. The third-order valence-corrected chi connectivity index (χ3v) is 3.45. The number of carbonyl (C=O) groups excluding carboxylic acids is 1. The number of rotatable bonds is 10. The van der Waals surface area contributed by atoms with Gasteiger partial charge in [-0.25, -0.2) is 0 Å². The van der Waals surface area contributed by atoms with Gasteiger partial charge in [-0.2, -0.15) is 0 Å². The van der Waals surface area contributed by atoms with Gasteiger partial charge in [0.1, 0.15) is 0 Å². The number of nitrogens with one attached hydrogen (secondary N) is 1. The molecule has 23 heavy (non-hydrogen) atoms. The second-order valence-electron chi connectivity index (χ2n) is 6.31. The number of nitrogens with zero attached hydrogens (tertiary/aromatic N) is 1. The Kier molecular flexibility index (Phi) is 8.48. The molecule has 5 nitrogen and oxygen atoms in total. The van der Waals surface area contributed by atoms with E-state index >= 15 is 0 Å². The summed E-state index contributed by atoms with van der Waals surface area (Å²) >= 11 is 0. The van der Waals surface area contributed by atoms with Crippen LogP contribution in [0, 0.1) is 5.92 Å². The predicted molar refractivity (Wildman–Crippen MR) is 93.4 cm³/mol. The van der Waals surface area contributed by atoms with Crippen molar-refractivity contribution in [3.8, 4) is 11.5 Å². The monoisotopic (exact) mass is 322 g/mol. The first-order valence-electron chi connectivity index (χ1n) is 8.17. The summed E-state index contributed by atoms with van der Waals surface area (Å²) in [6.07, 6.45) is 1.91. The maximum Gasteiger partial charge on any atom is 0.251 e. The first-order chi connectivity index (χ1) is 10.9. The van der Waals surface area contributed by atoms with E-state index in [4.69, 9.17) is 9.47 Å². The van der Waals surface area contributed by atoms with Crippen molar-refractivity contribution in [3.05, 3.63) is 23.8 Å². The summed E-state index contributed by atoms with van der Waals surface area (Å²) in [6, 6.07) is 5.30. The molecule has 1 N–H and O–H groups in total. The summed E-state index contributed by atoms with van der Waals surface area (Å²) < 4.78 is 11.1. The third-order valence-electron chi connectivity index (χ3n) is 3.45. The average Bonchev–Trinajstić information content (AvgIpc) is 2.51. The summed E-state index contributed by atoms with van der Waals surface area (Å²) in [4.78, 5) is 14.2. The van der Waals surface area contributed by atoms with Gasteiger partial charge >= 0.3 is 0 Å². The zero-order valence-corrected chi connectivity index (χ0v) is 15.0. The van der Waals surface area contributed by atoms with Crippen molar-refractivity contribution in [2.75, 3.05) is 40.9 Å². The van der Waals surface area contributed by atoms with Crippen LogP contribution in [0.3, 0.4) is 0 Å². The van der Waals surface area contributed by atoms with E-state index in [0.717, 1.165) is 19.4 Å². The van der Waals surface area contributed by atoms with Gasteiger partial charge in [0.05, 0.1) is 13.7 Å². The summed E-state index contributed by atoms with van der Waals surface area (Å²) in [5.41, 5.74) is 0.586. The van der Waals surface area contributed by atoms with Gasteiger partial charge in [-0.15, -0.1) is 0 Å². The molecule has 0 saturated heterocycles. The minimum atomic E-state index is -0.0872. The van der Waals surface area contributed by atoms with Crippen LogP contribution in [0.25, 0.3) is 0 Å². The average molecular weight is 322 g/mol. The summed E-state index contributed by atoms with van der Waals surface area (Å²) in [5, 5.41) is 2.92. The predicted octanol–water partition coefficient (Wildman–Crippen LogP) is 2.80. The van der Waals surface area contributed by atoms with Gasteiger partial charge < -0.3 is 19.7 Å². The van der Waals surface area contributed by atoms with Crippen LogP contribution in [0.5, 0.6) is 11.5 Å². The lowest BCUT2D eigenvalue weighted by molar-refractivity contribution is 0.0952. The van der Waals surface area contributed by atoms with E-state index in [9.17, 15) is 4.79 Å². The highest BCUT2D eigenvalue weighted by molar-refractivity contribution is 5.94. The Balaban J connectivity index is 2.58. The van der Waals surface area contributed by atoms with Crippen molar-refractivity contribution in [1.29, 1.82) is 0 Å². The zero-order valence-electron chi connectivity index (χ0n) is 15.0. The minimum Gasteiger partial charge on any atom is -0.493 e. The van der Waals surface area contributed by atoms with Gasteiger partial charge in [-0.3, -0.25) is 4.79 Å². The van der Waals surface area contributed by atoms with Crippen molar-refractivity contribution in [1.82, 2.24) is 10.2 Å². The number of benzene rings is 1. The Morgan fingerprint density at radius 1 is 1.26 bits per heavy atom. The summed E-state index contributed by atoms with van der Waals surface area (Å²) in [7, 11) is 5.62. The summed E-state index contributed by atoms with van der Waals surface area (Å²) in [6.45, 7) is 6.57. The second-order valence-corrected chi connectivity index (χ2v) is 6.31. The highest BCUT2D eigenvalue weighted by Crippen LogP contribution is 2.28. The molecule has 0 aliphatic rings. The first-order valence-corrected chi connectivity index (χ1v) is 8.17. The molecular formula is C18H30N2O3. The molecule has 0 saturated carbocycles. The smallest absolute Gasteiger partial charge is 0.251 e. The minimum absolute atomic E-state index is 0.0872. The number of ether oxygens (including phenoxy) is 2. The van der Waals surface area contributed by atoms with Crippen LogP contribution in [-0.4, -0.2) is 51.7 Å². The Morgan fingerprint density at radius 3 is 2.61 bits per heavy atom. The molecule has 0 aliphatic carbocycles. The Bertz CT molecular complexity index is 487. The van der Waals surface area contributed by atoms with Crippen LogP contribution in [-0.2, 0) is 0 Å². The lowest BCUT2D eigenvalue weighted by Gasteiger charge is -2.13. The maximum absolute atomic E-state index is 12.2. The molecule has 0 radical (unpaired) electrons. The molecule has 0 bridgehead atoms. The van der Waals surface area contributed by atoms with E-state index in [1.807, 2.05) is 14.1 Å². The largest absolute Gasteiger partial charge is 0.493 e. The van der Waals surface area contributed by atoms with Gasteiger partial charge in [0, 0.05) is 12.1 Å². The molecule has 0 unspecified atom stereocenters. The Morgan fingerprint density at radius 2 is 2.00 bits per heavy atom. The molecule has 5 heteroatoms. The Hall–Kier alpha value is -1.75. The van der Waals surface area contributed by atoms with Gasteiger partial charge in [0.2, 0.25) is 0 Å². The molecule has 130 valence electrons. The zero-order chi connectivity index (χ0) is 17.2. The standard InChI is InChI=1S/C18H30N2O3/c1-14(2)9-12-23-16-8-7-15(13-17(16)22-5)18(21)19-10-6-11-20(3)4/h7-8,13-14H,6,9-12H2,1-5H3,(H,19,21). The molecule has 1 aromatic rings. The number of amides is 1. The highest BCUT2D eigenvalue weighted by atomic mass is 16.5. The van der Waals surface area contributed by atoms with Crippen LogP contribution < -0.4 is 14.8 Å². The van der Waals surface area contributed by atoms with Crippen molar-refractivity contribution in [2.45, 2.75) is 26.7 Å². The van der Waals surface area contributed by atoms with E-state index in [1.54, 1.807) is 25.3 Å². The van der Waals surface area contributed by atoms with E-state index in [-0.39, 0.29) is 5.91 Å². The highest BCUT2D eigenvalue weighted by Gasteiger charge is 2.11. The number of hydrogen-bond donors (Lipinski definition) is 1. The molecule has 0 aliphatic heterocycles. The molecule has 0 heterocycles. The number of carbonyl (C=O) groups is 1. The van der Waals surface area contributed by atoms with Crippen molar-refractivity contribution >= 4 is 5.91 Å². The summed E-state index contributed by atoms with van der Waals surface area (Å²) in [5.74, 6) is 1.77. The molecule has 1 rings (SSSR count). The van der Waals surface area contributed by atoms with Crippen LogP contribution >= 0.6 is 0 Å². The molecule has 0 atom stereocenters. The van der Waals surface area contributed by atoms with Gasteiger partial charge in [-0.1, -0.05) is 13.8 Å². The van der Waals surface area contributed by atoms with Crippen molar-refractivity contribution < 1.29 is 14.3 Å². The quantitative estimate of drug-likeness (QED) is 0.673. The fourth-order valence-electron chi connectivity index (χ4n) is 2.03. The van der Waals surface area contributed by atoms with Crippen molar-refractivity contribution in [2.24, 2.45) is 5.92 Å². The van der Waals surface area contributed by atoms with Crippen LogP contribution in [0.15, 0.2) is 18.2 Å². The SMILES string of the molecule is COc1cc(C(=O)NCCCN(C)C)ccc1OCCC(C)C. The lowest BCUT2D eigenvalue weighted by Crippen LogP contribution is -2.27. The molecule has 0 aromatic heterocycles. The molecule has 0 spiro atoms. The van der Waals surface area contributed by atoms with E-state index in [0.29, 0.717) is 36.1 Å².